The van der Waals surface area contributed by atoms with Crippen molar-refractivity contribution in [2.75, 3.05) is 13.1 Å². The third-order valence-electron chi connectivity index (χ3n) is 12.0. The van der Waals surface area contributed by atoms with Crippen molar-refractivity contribution in [3.05, 3.63) is 34.4 Å². The van der Waals surface area contributed by atoms with Crippen LogP contribution in [-0.2, 0) is 0 Å². The summed E-state index contributed by atoms with van der Waals surface area (Å²) in [6.07, 6.45) is 9.58. The number of fused-ring (bicyclic) bond motifs is 5. The van der Waals surface area contributed by atoms with Gasteiger partial charge in [-0.15, -0.1) is 0 Å². The molecule has 5 fully saturated rings. The Bertz CT molecular complexity index is 1100. The molecule has 2 heterocycles. The Hall–Kier alpha value is -1.90. The van der Waals surface area contributed by atoms with E-state index in [9.17, 15) is 19.8 Å². The number of hydrogen-bond donors (Lipinski definition) is 4. The topological polar surface area (TPSA) is 129 Å². The zero-order chi connectivity index (χ0) is 26.2. The van der Waals surface area contributed by atoms with Crippen LogP contribution in [0.5, 0.6) is 0 Å². The lowest BCUT2D eigenvalue weighted by Crippen LogP contribution is -2.68. The van der Waals surface area contributed by atoms with Gasteiger partial charge in [-0.05, 0) is 99.0 Å². The number of aliphatic hydroxyl groups is 2. The number of urea groups is 1. The first-order valence-electron chi connectivity index (χ1n) is 14.3. The fourth-order valence-corrected chi connectivity index (χ4v) is 9.69. The zero-order valence-corrected chi connectivity index (χ0v) is 22.2. The number of hydrogen-bond acceptors (Lipinski definition) is 6. The average molecular weight is 514 g/mol. The van der Waals surface area contributed by atoms with Crippen molar-refractivity contribution in [1.29, 1.82) is 0 Å². The summed E-state index contributed by atoms with van der Waals surface area (Å²) in [6, 6.07) is 3.30. The van der Waals surface area contributed by atoms with E-state index in [0.717, 1.165) is 56.9 Å². The quantitative estimate of drug-likeness (QED) is 0.481. The number of nitrogens with two attached hydrogens (primary N) is 1. The molecule has 0 radical (unpaired) electrons. The van der Waals surface area contributed by atoms with Gasteiger partial charge in [0.05, 0.1) is 17.5 Å². The van der Waals surface area contributed by atoms with Gasteiger partial charge in [-0.25, -0.2) is 9.59 Å². The van der Waals surface area contributed by atoms with Crippen molar-refractivity contribution >= 4 is 6.03 Å². The highest BCUT2D eigenvalue weighted by atomic mass is 16.4. The van der Waals surface area contributed by atoms with Crippen LogP contribution >= 0.6 is 0 Å². The Morgan fingerprint density at radius 3 is 2.49 bits per heavy atom. The van der Waals surface area contributed by atoms with E-state index in [1.54, 1.807) is 11.2 Å². The maximum Gasteiger partial charge on any atom is 0.335 e. The van der Waals surface area contributed by atoms with E-state index in [-0.39, 0.29) is 52.3 Å². The van der Waals surface area contributed by atoms with Crippen molar-refractivity contribution in [2.24, 2.45) is 28.4 Å². The number of carbonyl (C=O) groups is 1. The maximum absolute atomic E-state index is 12.8. The number of nitrogens with zero attached hydrogens (tertiary/aromatic N) is 1. The van der Waals surface area contributed by atoms with Crippen molar-refractivity contribution in [1.82, 2.24) is 10.2 Å². The highest BCUT2D eigenvalue weighted by Crippen LogP contribution is 2.71. The highest BCUT2D eigenvalue weighted by molar-refractivity contribution is 5.75. The van der Waals surface area contributed by atoms with Crippen LogP contribution in [0.1, 0.15) is 89.5 Å². The van der Waals surface area contributed by atoms with Gasteiger partial charge in [0.25, 0.3) is 0 Å². The smallest absolute Gasteiger partial charge is 0.335 e. The molecule has 4 aliphatic carbocycles. The second kappa shape index (κ2) is 8.55. The fourth-order valence-electron chi connectivity index (χ4n) is 9.69. The minimum absolute atomic E-state index is 0.0421. The van der Waals surface area contributed by atoms with Crippen LogP contribution in [0, 0.1) is 22.7 Å². The average Bonchev–Trinajstić information content (AvgIpc) is 3.41. The predicted octanol–water partition coefficient (Wildman–Crippen LogP) is 3.11. The Morgan fingerprint density at radius 1 is 1.03 bits per heavy atom. The molecular weight excluding hydrogens is 470 g/mol. The van der Waals surface area contributed by atoms with Gasteiger partial charge in [0.2, 0.25) is 0 Å². The Morgan fingerprint density at radius 2 is 1.78 bits per heavy atom. The molecule has 2 amide bonds. The van der Waals surface area contributed by atoms with Crippen LogP contribution < -0.4 is 16.7 Å². The molecule has 4 saturated carbocycles. The van der Waals surface area contributed by atoms with Crippen LogP contribution in [-0.4, -0.2) is 57.5 Å². The first-order chi connectivity index (χ1) is 17.5. The molecule has 204 valence electrons. The van der Waals surface area contributed by atoms with E-state index >= 15 is 0 Å². The maximum atomic E-state index is 12.8. The molecule has 5 N–H and O–H groups in total. The molecule has 6 rings (SSSR count). The molecule has 8 heteroatoms. The Labute approximate surface area is 219 Å². The SMILES string of the molecule is C[C@]12CC[C@H](NC(=O)N3CC[C@@H](N)C3)C[C@@]1(O)CC[C@@H]1[C@@H]2CC[C@]2(C)[C@@H](c3ccc(=O)oc3)CC[C@]12O. The molecule has 0 bridgehead atoms. The molecule has 1 aliphatic heterocycles. The van der Waals surface area contributed by atoms with Gasteiger partial charge in [-0.2, -0.15) is 0 Å². The van der Waals surface area contributed by atoms with Crippen LogP contribution in [0.3, 0.4) is 0 Å². The summed E-state index contributed by atoms with van der Waals surface area (Å²) in [5.41, 5.74) is 4.41. The standard InChI is InChI=1S/C29H43N3O5/c1-26-10-5-20(31-25(34)32-14-9-19(30)16-32)15-28(26,35)12-7-23-22(26)6-11-27(2)21(8-13-29(23,27)36)18-3-4-24(33)37-17-18/h3-4,17,19-23,35-36H,5-16,30H2,1-2H3,(H,31,34)/t19-,20+,21-,22+,23-,26-,27-,28+,29+/m1/s1. The van der Waals surface area contributed by atoms with Crippen LogP contribution in [0.4, 0.5) is 4.79 Å². The second-order valence-corrected chi connectivity index (χ2v) is 13.4. The molecule has 8 nitrogen and oxygen atoms in total. The van der Waals surface area contributed by atoms with Gasteiger partial charge in [-0.3, -0.25) is 0 Å². The van der Waals surface area contributed by atoms with E-state index in [1.165, 1.54) is 6.07 Å². The molecule has 1 aromatic heterocycles. The molecular formula is C29H43N3O5. The number of likely N-dealkylation sites (tertiary alicyclic amines) is 1. The van der Waals surface area contributed by atoms with E-state index in [4.69, 9.17) is 10.2 Å². The zero-order valence-electron chi connectivity index (χ0n) is 22.2. The fraction of sp³-hybridized carbons (Fsp3) is 0.793. The van der Waals surface area contributed by atoms with Crippen LogP contribution in [0.15, 0.2) is 27.6 Å². The minimum atomic E-state index is -0.850. The predicted molar refractivity (Wildman–Crippen MR) is 139 cm³/mol. The van der Waals surface area contributed by atoms with Gasteiger partial charge in [-0.1, -0.05) is 13.8 Å². The molecule has 1 saturated heterocycles. The first kappa shape index (κ1) is 25.4. The number of nitrogens with one attached hydrogen (secondary N) is 1. The lowest BCUT2D eigenvalue weighted by molar-refractivity contribution is -0.247. The largest absolute Gasteiger partial charge is 0.431 e. The third kappa shape index (κ3) is 3.65. The van der Waals surface area contributed by atoms with Crippen LogP contribution in [0.2, 0.25) is 0 Å². The van der Waals surface area contributed by atoms with Crippen molar-refractivity contribution in [2.45, 2.75) is 107 Å². The van der Waals surface area contributed by atoms with Crippen molar-refractivity contribution in [3.8, 4) is 0 Å². The molecule has 0 unspecified atom stereocenters. The molecule has 37 heavy (non-hydrogen) atoms. The summed E-state index contributed by atoms with van der Waals surface area (Å²) in [5.74, 6) is 0.528. The summed E-state index contributed by atoms with van der Waals surface area (Å²) < 4.78 is 5.20. The van der Waals surface area contributed by atoms with Crippen molar-refractivity contribution < 1.29 is 19.4 Å². The second-order valence-electron chi connectivity index (χ2n) is 13.4. The summed E-state index contributed by atoms with van der Waals surface area (Å²) >= 11 is 0. The number of carbonyl (C=O) groups excluding carboxylic acids is 1. The van der Waals surface area contributed by atoms with Gasteiger partial charge in [0.15, 0.2) is 0 Å². The van der Waals surface area contributed by atoms with Crippen LogP contribution in [0.25, 0.3) is 0 Å². The summed E-state index contributed by atoms with van der Waals surface area (Å²) in [5, 5.41) is 27.7. The summed E-state index contributed by atoms with van der Waals surface area (Å²) in [7, 11) is 0. The molecule has 0 spiro atoms. The van der Waals surface area contributed by atoms with Crippen molar-refractivity contribution in [3.63, 3.8) is 0 Å². The lowest BCUT2D eigenvalue weighted by atomic mass is 9.42. The summed E-state index contributed by atoms with van der Waals surface area (Å²) in [4.78, 5) is 26.2. The highest BCUT2D eigenvalue weighted by Gasteiger charge is 2.70. The number of amides is 2. The van der Waals surface area contributed by atoms with Gasteiger partial charge >= 0.3 is 11.7 Å². The van der Waals surface area contributed by atoms with E-state index in [1.807, 2.05) is 6.07 Å². The Kier molecular flexibility index (Phi) is 5.87. The lowest BCUT2D eigenvalue weighted by Gasteiger charge is -2.66. The molecule has 9 atom stereocenters. The van der Waals surface area contributed by atoms with Gasteiger partial charge in [0, 0.05) is 36.7 Å². The number of rotatable bonds is 2. The molecule has 5 aliphatic rings. The van der Waals surface area contributed by atoms with Gasteiger partial charge in [0.1, 0.15) is 0 Å². The van der Waals surface area contributed by atoms with Gasteiger partial charge < -0.3 is 30.6 Å². The first-order valence-corrected chi connectivity index (χ1v) is 14.3. The normalized spacial score (nSPS) is 47.2. The minimum Gasteiger partial charge on any atom is -0.431 e. The summed E-state index contributed by atoms with van der Waals surface area (Å²) in [6.45, 7) is 5.76. The molecule has 1 aromatic rings. The monoisotopic (exact) mass is 513 g/mol. The molecule has 0 aromatic carbocycles. The van der Waals surface area contributed by atoms with E-state index in [2.05, 4.69) is 19.2 Å². The van der Waals surface area contributed by atoms with E-state index in [0.29, 0.717) is 25.9 Å². The third-order valence-corrected chi connectivity index (χ3v) is 12.0. The Balaban J connectivity index is 1.20. The van der Waals surface area contributed by atoms with E-state index < -0.39 is 11.2 Å².